The van der Waals surface area contributed by atoms with Crippen LogP contribution in [-0.2, 0) is 20.7 Å². The average molecular weight is 429 g/mol. The van der Waals surface area contributed by atoms with E-state index in [1.807, 2.05) is 20.8 Å². The zero-order valence-electron chi connectivity index (χ0n) is 15.6. The zero-order valence-corrected chi connectivity index (χ0v) is 17.2. The second kappa shape index (κ2) is 8.66. The quantitative estimate of drug-likeness (QED) is 0.537. The Hall–Kier alpha value is -1.90. The molecule has 1 aliphatic heterocycles. The Balaban J connectivity index is 2.04. The summed E-state index contributed by atoms with van der Waals surface area (Å²) in [5.74, 6) is 0.501. The third-order valence-electron chi connectivity index (χ3n) is 3.91. The molecule has 1 saturated heterocycles. The summed E-state index contributed by atoms with van der Waals surface area (Å²) in [6.45, 7) is 7.93. The van der Waals surface area contributed by atoms with Crippen molar-refractivity contribution >= 4 is 33.8 Å². The minimum atomic E-state index is -0.507. The van der Waals surface area contributed by atoms with Crippen LogP contribution in [0.4, 0.5) is 10.6 Å². The topological polar surface area (TPSA) is 84.9 Å². The minimum absolute atomic E-state index is 0.257. The third-order valence-corrected chi connectivity index (χ3v) is 4.59. The van der Waals surface area contributed by atoms with E-state index >= 15 is 0 Å². The first-order valence-corrected chi connectivity index (χ1v) is 9.29. The summed E-state index contributed by atoms with van der Waals surface area (Å²) in [6.07, 6.45) is 1.93. The molecule has 8 nitrogen and oxygen atoms in total. The molecule has 0 bridgehead atoms. The smallest absolute Gasteiger partial charge is 0.410 e. The molecule has 0 radical (unpaired) electrons. The van der Waals surface area contributed by atoms with Gasteiger partial charge in [0, 0.05) is 38.2 Å². The summed E-state index contributed by atoms with van der Waals surface area (Å²) in [5, 5.41) is 0. The van der Waals surface area contributed by atoms with Crippen LogP contribution in [0.1, 0.15) is 32.8 Å². The summed E-state index contributed by atoms with van der Waals surface area (Å²) in [6, 6.07) is 0. The fraction of sp³-hybridized carbons (Fsp3) is 0.647. The highest BCUT2D eigenvalue weighted by Gasteiger charge is 2.27. The summed E-state index contributed by atoms with van der Waals surface area (Å²) in [7, 11) is 1.37. The molecular formula is C17H25BrN4O4. The largest absolute Gasteiger partial charge is 0.469 e. The molecule has 1 fully saturated rings. The van der Waals surface area contributed by atoms with Gasteiger partial charge in [-0.2, -0.15) is 0 Å². The monoisotopic (exact) mass is 428 g/mol. The fourth-order valence-electron chi connectivity index (χ4n) is 2.63. The van der Waals surface area contributed by atoms with E-state index in [1.54, 1.807) is 4.90 Å². The van der Waals surface area contributed by atoms with Crippen LogP contribution in [0, 0.1) is 0 Å². The number of piperazine rings is 1. The predicted molar refractivity (Wildman–Crippen MR) is 100 cm³/mol. The number of rotatable bonds is 4. The molecule has 1 aromatic rings. The van der Waals surface area contributed by atoms with E-state index in [4.69, 9.17) is 9.47 Å². The summed E-state index contributed by atoms with van der Waals surface area (Å²) in [5.41, 5.74) is 0.357. The molecule has 144 valence electrons. The van der Waals surface area contributed by atoms with Crippen molar-refractivity contribution in [3.63, 3.8) is 0 Å². The normalized spacial score (nSPS) is 15.0. The van der Waals surface area contributed by atoms with Gasteiger partial charge >= 0.3 is 12.1 Å². The maximum Gasteiger partial charge on any atom is 0.410 e. The molecule has 1 aromatic heterocycles. The highest BCUT2D eigenvalue weighted by atomic mass is 79.9. The lowest BCUT2D eigenvalue weighted by Gasteiger charge is -2.36. The molecule has 2 heterocycles. The summed E-state index contributed by atoms with van der Waals surface area (Å²) < 4.78 is 10.8. The van der Waals surface area contributed by atoms with E-state index < -0.39 is 5.60 Å². The Labute approximate surface area is 162 Å². The van der Waals surface area contributed by atoms with Gasteiger partial charge in [-0.3, -0.25) is 4.79 Å². The van der Waals surface area contributed by atoms with Crippen molar-refractivity contribution in [3.8, 4) is 0 Å². The first-order chi connectivity index (χ1) is 12.2. The number of nitrogens with zero attached hydrogens (tertiary/aromatic N) is 4. The van der Waals surface area contributed by atoms with E-state index in [0.29, 0.717) is 37.2 Å². The average Bonchev–Trinajstić information content (AvgIpc) is 2.59. The Morgan fingerprint density at radius 2 is 1.85 bits per heavy atom. The zero-order chi connectivity index (χ0) is 19.3. The molecular weight excluding hydrogens is 404 g/mol. The standard InChI is InChI=1S/C17H25BrN4O4/c1-17(2,3)26-16(24)22-9-7-21(8-10-22)15-12(5-6-13(23)25-4)14(18)19-11-20-15/h11H,5-10H2,1-4H3. The van der Waals surface area contributed by atoms with Crippen LogP contribution in [-0.4, -0.2) is 65.8 Å². The van der Waals surface area contributed by atoms with Crippen molar-refractivity contribution in [1.29, 1.82) is 0 Å². The first-order valence-electron chi connectivity index (χ1n) is 8.50. The Bertz CT molecular complexity index is 655. The van der Waals surface area contributed by atoms with E-state index in [1.165, 1.54) is 13.4 Å². The van der Waals surface area contributed by atoms with Gasteiger partial charge in [0.05, 0.1) is 7.11 Å². The van der Waals surface area contributed by atoms with Crippen LogP contribution in [0.15, 0.2) is 10.9 Å². The Morgan fingerprint density at radius 3 is 2.42 bits per heavy atom. The Morgan fingerprint density at radius 1 is 1.19 bits per heavy atom. The van der Waals surface area contributed by atoms with Gasteiger partial charge in [-0.25, -0.2) is 14.8 Å². The lowest BCUT2D eigenvalue weighted by Crippen LogP contribution is -2.50. The number of halogens is 1. The Kier molecular flexibility index (Phi) is 6.80. The van der Waals surface area contributed by atoms with Crippen molar-refractivity contribution in [2.24, 2.45) is 0 Å². The van der Waals surface area contributed by atoms with Crippen molar-refractivity contribution in [1.82, 2.24) is 14.9 Å². The van der Waals surface area contributed by atoms with E-state index in [0.717, 1.165) is 11.4 Å². The molecule has 26 heavy (non-hydrogen) atoms. The highest BCUT2D eigenvalue weighted by molar-refractivity contribution is 9.10. The molecule has 0 atom stereocenters. The van der Waals surface area contributed by atoms with E-state index in [-0.39, 0.29) is 18.5 Å². The maximum atomic E-state index is 12.2. The van der Waals surface area contributed by atoms with Crippen LogP contribution in [0.5, 0.6) is 0 Å². The number of carbonyl (C=O) groups is 2. The second-order valence-corrected chi connectivity index (χ2v) is 7.75. The molecule has 2 rings (SSSR count). The lowest BCUT2D eigenvalue weighted by molar-refractivity contribution is -0.140. The van der Waals surface area contributed by atoms with Crippen LogP contribution < -0.4 is 4.90 Å². The molecule has 1 aliphatic rings. The number of amides is 1. The number of hydrogen-bond acceptors (Lipinski definition) is 7. The van der Waals surface area contributed by atoms with Gasteiger partial charge in [0.15, 0.2) is 0 Å². The van der Waals surface area contributed by atoms with Crippen LogP contribution in [0.2, 0.25) is 0 Å². The third kappa shape index (κ3) is 5.55. The number of hydrogen-bond donors (Lipinski definition) is 0. The lowest BCUT2D eigenvalue weighted by atomic mass is 10.1. The SMILES string of the molecule is COC(=O)CCc1c(Br)ncnc1N1CCN(C(=O)OC(C)(C)C)CC1. The number of esters is 1. The molecule has 0 unspecified atom stereocenters. The van der Waals surface area contributed by atoms with Crippen LogP contribution in [0.25, 0.3) is 0 Å². The molecule has 0 saturated carbocycles. The van der Waals surface area contributed by atoms with Gasteiger partial charge in [0.1, 0.15) is 22.3 Å². The molecule has 0 N–H and O–H groups in total. The maximum absolute atomic E-state index is 12.2. The van der Waals surface area contributed by atoms with Gasteiger partial charge in [-0.05, 0) is 43.1 Å². The molecule has 0 spiro atoms. The summed E-state index contributed by atoms with van der Waals surface area (Å²) in [4.78, 5) is 36.0. The van der Waals surface area contributed by atoms with Gasteiger partial charge in [-0.15, -0.1) is 0 Å². The predicted octanol–water partition coefficient (Wildman–Crippen LogP) is 2.40. The molecule has 0 aromatic carbocycles. The van der Waals surface area contributed by atoms with Crippen molar-refractivity contribution in [3.05, 3.63) is 16.5 Å². The van der Waals surface area contributed by atoms with Crippen LogP contribution in [0.3, 0.4) is 0 Å². The number of methoxy groups -OCH3 is 1. The number of aromatic nitrogens is 2. The number of carbonyl (C=O) groups excluding carboxylic acids is 2. The summed E-state index contributed by atoms with van der Waals surface area (Å²) >= 11 is 3.44. The van der Waals surface area contributed by atoms with Crippen molar-refractivity contribution in [2.45, 2.75) is 39.2 Å². The first kappa shape index (κ1) is 20.4. The molecule has 0 aliphatic carbocycles. The molecule has 1 amide bonds. The molecule has 9 heteroatoms. The number of anilines is 1. The van der Waals surface area contributed by atoms with Gasteiger partial charge in [-0.1, -0.05) is 0 Å². The van der Waals surface area contributed by atoms with Crippen molar-refractivity contribution in [2.75, 3.05) is 38.2 Å². The van der Waals surface area contributed by atoms with Gasteiger partial charge in [0.2, 0.25) is 0 Å². The highest BCUT2D eigenvalue weighted by Crippen LogP contribution is 2.26. The van der Waals surface area contributed by atoms with Crippen LogP contribution >= 0.6 is 15.9 Å². The fourth-order valence-corrected chi connectivity index (χ4v) is 3.09. The van der Waals surface area contributed by atoms with E-state index in [9.17, 15) is 9.59 Å². The second-order valence-electron chi connectivity index (χ2n) is 7.00. The van der Waals surface area contributed by atoms with Gasteiger partial charge < -0.3 is 19.3 Å². The van der Waals surface area contributed by atoms with E-state index in [2.05, 4.69) is 30.8 Å². The van der Waals surface area contributed by atoms with Gasteiger partial charge in [0.25, 0.3) is 0 Å². The number of ether oxygens (including phenoxy) is 2. The van der Waals surface area contributed by atoms with Crippen molar-refractivity contribution < 1.29 is 19.1 Å². The minimum Gasteiger partial charge on any atom is -0.469 e.